The summed E-state index contributed by atoms with van der Waals surface area (Å²) in [5.74, 6) is 0.114. The number of nitrogens with zero attached hydrogens (tertiary/aromatic N) is 1. The lowest BCUT2D eigenvalue weighted by molar-refractivity contribution is 0.102. The molecule has 2 amide bonds. The summed E-state index contributed by atoms with van der Waals surface area (Å²) in [6.45, 7) is -0.105. The molecule has 4 aromatic carbocycles. The number of aliphatic hydroxyl groups is 1. The number of anilines is 2. The summed E-state index contributed by atoms with van der Waals surface area (Å²) in [6, 6.07) is 21.7. The molecule has 8 heteroatoms. The standard InChI is InChI=1S/C27H24N2O6/c1-29(27(33)35-18-12-10-17(16-30)11-13-18)23-8-5-6-20-19(23)14-15-21(25(20)31)26(32)28-22-7-3-4-9-24(22)34-2/h3-15,30-31H,16H2,1-2H3,(H,28,32). The Kier molecular flexibility index (Phi) is 6.84. The molecule has 35 heavy (non-hydrogen) atoms. The minimum absolute atomic E-state index is 0.0785. The number of hydrogen-bond acceptors (Lipinski definition) is 6. The molecule has 0 saturated carbocycles. The maximum Gasteiger partial charge on any atom is 0.419 e. The van der Waals surface area contributed by atoms with Gasteiger partial charge in [0.2, 0.25) is 0 Å². The van der Waals surface area contributed by atoms with Crippen molar-refractivity contribution in [3.8, 4) is 17.2 Å². The Bertz CT molecular complexity index is 1380. The Hall–Kier alpha value is -4.56. The molecule has 0 atom stereocenters. The first-order chi connectivity index (χ1) is 16.9. The summed E-state index contributed by atoms with van der Waals surface area (Å²) < 4.78 is 10.7. The minimum Gasteiger partial charge on any atom is -0.506 e. The van der Waals surface area contributed by atoms with Crippen LogP contribution in [0.15, 0.2) is 78.9 Å². The van der Waals surface area contributed by atoms with Crippen LogP contribution >= 0.6 is 0 Å². The van der Waals surface area contributed by atoms with E-state index >= 15 is 0 Å². The maximum atomic E-state index is 12.9. The highest BCUT2D eigenvalue weighted by Crippen LogP contribution is 2.35. The van der Waals surface area contributed by atoms with Crippen LogP contribution in [0.1, 0.15) is 15.9 Å². The van der Waals surface area contributed by atoms with Gasteiger partial charge in [-0.1, -0.05) is 42.5 Å². The van der Waals surface area contributed by atoms with Gasteiger partial charge < -0.3 is 25.0 Å². The molecule has 0 bridgehead atoms. The van der Waals surface area contributed by atoms with Crippen molar-refractivity contribution in [3.63, 3.8) is 0 Å². The number of fused-ring (bicyclic) bond motifs is 1. The highest BCUT2D eigenvalue weighted by atomic mass is 16.6. The number of aliphatic hydroxyl groups excluding tert-OH is 1. The SMILES string of the molecule is COc1ccccc1NC(=O)c1ccc2c(N(C)C(=O)Oc3ccc(CO)cc3)cccc2c1O. The van der Waals surface area contributed by atoms with Crippen LogP contribution in [0.5, 0.6) is 17.2 Å². The number of methoxy groups -OCH3 is 1. The van der Waals surface area contributed by atoms with Crippen molar-refractivity contribution in [2.45, 2.75) is 6.61 Å². The van der Waals surface area contributed by atoms with E-state index in [4.69, 9.17) is 14.6 Å². The number of phenols is 1. The number of para-hydroxylation sites is 2. The molecular formula is C27H24N2O6. The molecular weight excluding hydrogens is 448 g/mol. The Labute approximate surface area is 202 Å². The van der Waals surface area contributed by atoms with E-state index in [0.29, 0.717) is 39.2 Å². The molecule has 0 saturated heterocycles. The average Bonchev–Trinajstić information content (AvgIpc) is 2.89. The van der Waals surface area contributed by atoms with Crippen LogP contribution in [0, 0.1) is 0 Å². The quantitative estimate of drug-likeness (QED) is 0.367. The molecule has 0 aliphatic heterocycles. The first kappa shape index (κ1) is 23.6. The maximum absolute atomic E-state index is 12.9. The van der Waals surface area contributed by atoms with Gasteiger partial charge in [-0.25, -0.2) is 4.79 Å². The van der Waals surface area contributed by atoms with E-state index in [2.05, 4.69) is 5.32 Å². The fraction of sp³-hybridized carbons (Fsp3) is 0.111. The molecule has 4 rings (SSSR count). The molecule has 0 unspecified atom stereocenters. The Morgan fingerprint density at radius 2 is 1.66 bits per heavy atom. The zero-order chi connectivity index (χ0) is 24.9. The number of carbonyl (C=O) groups excluding carboxylic acids is 2. The van der Waals surface area contributed by atoms with Gasteiger partial charge in [0.25, 0.3) is 5.91 Å². The minimum atomic E-state index is -0.633. The molecule has 178 valence electrons. The number of ether oxygens (including phenoxy) is 2. The third-order valence-electron chi connectivity index (χ3n) is 5.56. The Morgan fingerprint density at radius 1 is 0.914 bits per heavy atom. The molecule has 8 nitrogen and oxygen atoms in total. The third-order valence-corrected chi connectivity index (χ3v) is 5.56. The Morgan fingerprint density at radius 3 is 2.37 bits per heavy atom. The number of nitrogens with one attached hydrogen (secondary N) is 1. The summed E-state index contributed by atoms with van der Waals surface area (Å²) in [4.78, 5) is 27.0. The molecule has 0 aromatic heterocycles. The van der Waals surface area contributed by atoms with Crippen molar-refractivity contribution in [1.29, 1.82) is 0 Å². The molecule has 0 radical (unpaired) electrons. The number of carbonyl (C=O) groups is 2. The van der Waals surface area contributed by atoms with Crippen LogP contribution < -0.4 is 19.7 Å². The lowest BCUT2D eigenvalue weighted by Gasteiger charge is -2.20. The van der Waals surface area contributed by atoms with Crippen LogP contribution in [-0.2, 0) is 6.61 Å². The van der Waals surface area contributed by atoms with Crippen LogP contribution in [0.25, 0.3) is 10.8 Å². The molecule has 0 heterocycles. The van der Waals surface area contributed by atoms with E-state index in [1.54, 1.807) is 79.8 Å². The van der Waals surface area contributed by atoms with Gasteiger partial charge in [0, 0.05) is 17.8 Å². The van der Waals surface area contributed by atoms with Crippen molar-refractivity contribution < 1.29 is 29.3 Å². The molecule has 0 fully saturated rings. The van der Waals surface area contributed by atoms with Crippen LogP contribution in [0.3, 0.4) is 0 Å². The number of benzene rings is 4. The average molecular weight is 472 g/mol. The van der Waals surface area contributed by atoms with Crippen molar-refractivity contribution in [2.24, 2.45) is 0 Å². The van der Waals surface area contributed by atoms with Crippen molar-refractivity contribution in [2.75, 3.05) is 24.4 Å². The van der Waals surface area contributed by atoms with E-state index in [1.165, 1.54) is 18.1 Å². The zero-order valence-corrected chi connectivity index (χ0v) is 19.2. The predicted molar refractivity (Wildman–Crippen MR) is 133 cm³/mol. The van der Waals surface area contributed by atoms with Gasteiger partial charge in [-0.05, 0) is 42.0 Å². The molecule has 3 N–H and O–H groups in total. The number of amides is 2. The number of aromatic hydroxyl groups is 1. The fourth-order valence-corrected chi connectivity index (χ4v) is 3.67. The second kappa shape index (κ2) is 10.1. The first-order valence-corrected chi connectivity index (χ1v) is 10.8. The van der Waals surface area contributed by atoms with E-state index in [0.717, 1.165) is 0 Å². The molecule has 0 spiro atoms. The van der Waals surface area contributed by atoms with Crippen LogP contribution in [-0.4, -0.2) is 36.4 Å². The van der Waals surface area contributed by atoms with Crippen LogP contribution in [0.4, 0.5) is 16.2 Å². The normalized spacial score (nSPS) is 10.6. The zero-order valence-electron chi connectivity index (χ0n) is 19.2. The lowest BCUT2D eigenvalue weighted by atomic mass is 10.0. The largest absolute Gasteiger partial charge is 0.506 e. The fourth-order valence-electron chi connectivity index (χ4n) is 3.67. The third kappa shape index (κ3) is 4.87. The molecule has 0 aliphatic carbocycles. The van der Waals surface area contributed by atoms with Gasteiger partial charge in [-0.15, -0.1) is 0 Å². The molecule has 0 aliphatic rings. The summed E-state index contributed by atoms with van der Waals surface area (Å²) in [7, 11) is 3.06. The van der Waals surface area contributed by atoms with E-state index < -0.39 is 12.0 Å². The summed E-state index contributed by atoms with van der Waals surface area (Å²) >= 11 is 0. The van der Waals surface area contributed by atoms with Gasteiger partial charge in [0.05, 0.1) is 30.7 Å². The molecule has 4 aromatic rings. The smallest absolute Gasteiger partial charge is 0.419 e. The van der Waals surface area contributed by atoms with Gasteiger partial charge in [-0.3, -0.25) is 9.69 Å². The highest BCUT2D eigenvalue weighted by Gasteiger charge is 2.20. The second-order valence-corrected chi connectivity index (χ2v) is 7.72. The lowest BCUT2D eigenvalue weighted by Crippen LogP contribution is -2.29. The van der Waals surface area contributed by atoms with E-state index in [1.807, 2.05) is 0 Å². The van der Waals surface area contributed by atoms with Gasteiger partial charge >= 0.3 is 6.09 Å². The van der Waals surface area contributed by atoms with E-state index in [9.17, 15) is 14.7 Å². The summed E-state index contributed by atoms with van der Waals surface area (Å²) in [5.41, 5.74) is 1.75. The van der Waals surface area contributed by atoms with Gasteiger partial charge in [0.15, 0.2) is 0 Å². The van der Waals surface area contributed by atoms with Gasteiger partial charge in [-0.2, -0.15) is 0 Å². The van der Waals surface area contributed by atoms with Crippen molar-refractivity contribution >= 4 is 34.1 Å². The number of rotatable bonds is 6. The first-order valence-electron chi connectivity index (χ1n) is 10.8. The monoisotopic (exact) mass is 472 g/mol. The van der Waals surface area contributed by atoms with Gasteiger partial charge in [0.1, 0.15) is 17.2 Å². The second-order valence-electron chi connectivity index (χ2n) is 7.72. The van der Waals surface area contributed by atoms with E-state index in [-0.39, 0.29) is 17.9 Å². The number of phenolic OH excluding ortho intramolecular Hbond substituents is 1. The van der Waals surface area contributed by atoms with Crippen molar-refractivity contribution in [3.05, 3.63) is 90.0 Å². The topological polar surface area (TPSA) is 108 Å². The summed E-state index contributed by atoms with van der Waals surface area (Å²) in [5, 5.41) is 23.8. The van der Waals surface area contributed by atoms with Crippen LogP contribution in [0.2, 0.25) is 0 Å². The highest BCUT2D eigenvalue weighted by molar-refractivity contribution is 6.12. The number of hydrogen-bond donors (Lipinski definition) is 3. The van der Waals surface area contributed by atoms with Crippen molar-refractivity contribution in [1.82, 2.24) is 0 Å². The Balaban J connectivity index is 1.60. The predicted octanol–water partition coefficient (Wildman–Crippen LogP) is 4.93. The summed E-state index contributed by atoms with van der Waals surface area (Å²) in [6.07, 6.45) is -0.633.